The van der Waals surface area contributed by atoms with Gasteiger partial charge in [0.05, 0.1) is 0 Å². The van der Waals surface area contributed by atoms with Crippen molar-refractivity contribution in [2.24, 2.45) is 0 Å². The quantitative estimate of drug-likeness (QED) is 0.737. The summed E-state index contributed by atoms with van der Waals surface area (Å²) < 4.78 is 0. The van der Waals surface area contributed by atoms with Gasteiger partial charge in [0.1, 0.15) is 17.2 Å². The van der Waals surface area contributed by atoms with Gasteiger partial charge >= 0.3 is 0 Å². The van der Waals surface area contributed by atoms with E-state index in [1.54, 1.807) is 6.07 Å². The summed E-state index contributed by atoms with van der Waals surface area (Å²) in [5.41, 5.74) is 3.22. The Hall–Kier alpha value is -2.16. The van der Waals surface area contributed by atoms with Crippen molar-refractivity contribution in [2.45, 2.75) is 26.7 Å². The van der Waals surface area contributed by atoms with Crippen molar-refractivity contribution < 1.29 is 15.3 Å². The Labute approximate surface area is 112 Å². The van der Waals surface area contributed by atoms with Crippen molar-refractivity contribution in [2.75, 3.05) is 0 Å². The van der Waals surface area contributed by atoms with Crippen LogP contribution < -0.4 is 0 Å². The van der Waals surface area contributed by atoms with Crippen LogP contribution >= 0.6 is 0 Å². The van der Waals surface area contributed by atoms with Crippen molar-refractivity contribution in [3.63, 3.8) is 0 Å². The number of hydrogen-bond acceptors (Lipinski definition) is 3. The highest BCUT2D eigenvalue weighted by molar-refractivity contribution is 5.74. The van der Waals surface area contributed by atoms with Crippen molar-refractivity contribution >= 4 is 0 Å². The topological polar surface area (TPSA) is 60.7 Å². The van der Waals surface area contributed by atoms with Gasteiger partial charge in [0.2, 0.25) is 0 Å². The molecule has 2 aromatic rings. The first kappa shape index (κ1) is 13.3. The van der Waals surface area contributed by atoms with E-state index in [-0.39, 0.29) is 17.2 Å². The van der Waals surface area contributed by atoms with Crippen LogP contribution in [0, 0.1) is 0 Å². The van der Waals surface area contributed by atoms with Crippen molar-refractivity contribution in [1.29, 1.82) is 0 Å². The maximum absolute atomic E-state index is 10.1. The first-order valence-electron chi connectivity index (χ1n) is 6.43. The third kappa shape index (κ3) is 2.50. The lowest BCUT2D eigenvalue weighted by Crippen LogP contribution is -1.93. The Morgan fingerprint density at radius 1 is 0.842 bits per heavy atom. The van der Waals surface area contributed by atoms with E-state index in [1.807, 2.05) is 19.9 Å². The molecule has 0 saturated carbocycles. The second-order valence-electron chi connectivity index (χ2n) is 4.54. The van der Waals surface area contributed by atoms with E-state index < -0.39 is 0 Å². The lowest BCUT2D eigenvalue weighted by molar-refractivity contribution is 0.461. The Bertz CT molecular complexity index is 603. The second-order valence-corrected chi connectivity index (χ2v) is 4.54. The second kappa shape index (κ2) is 5.22. The summed E-state index contributed by atoms with van der Waals surface area (Å²) in [7, 11) is 0. The molecule has 0 aliphatic rings. The van der Waals surface area contributed by atoms with E-state index in [1.165, 1.54) is 18.2 Å². The fraction of sp³-hybridized carbons (Fsp3) is 0.250. The molecule has 0 saturated heterocycles. The number of phenolic OH excluding ortho intramolecular Hbond substituents is 3. The minimum Gasteiger partial charge on any atom is -0.508 e. The van der Waals surface area contributed by atoms with E-state index in [2.05, 4.69) is 0 Å². The molecule has 2 aromatic carbocycles. The molecule has 3 heteroatoms. The highest BCUT2D eigenvalue weighted by Crippen LogP contribution is 2.36. The van der Waals surface area contributed by atoms with Gasteiger partial charge in [-0.25, -0.2) is 0 Å². The lowest BCUT2D eigenvalue weighted by atomic mass is 9.95. The zero-order chi connectivity index (χ0) is 14.0. The summed E-state index contributed by atoms with van der Waals surface area (Å²) in [4.78, 5) is 0. The minimum absolute atomic E-state index is 0.0866. The van der Waals surface area contributed by atoms with Crippen LogP contribution in [0.25, 0.3) is 11.1 Å². The molecule has 3 N–H and O–H groups in total. The molecule has 2 rings (SSSR count). The smallest absolute Gasteiger partial charge is 0.123 e. The van der Waals surface area contributed by atoms with Crippen LogP contribution in [0.2, 0.25) is 0 Å². The Morgan fingerprint density at radius 3 is 2.21 bits per heavy atom. The summed E-state index contributed by atoms with van der Waals surface area (Å²) in [6, 6.07) is 7.95. The maximum Gasteiger partial charge on any atom is 0.123 e. The fourth-order valence-electron chi connectivity index (χ4n) is 2.35. The third-order valence-corrected chi connectivity index (χ3v) is 3.34. The van der Waals surface area contributed by atoms with Crippen LogP contribution in [0.1, 0.15) is 25.0 Å². The van der Waals surface area contributed by atoms with Gasteiger partial charge < -0.3 is 15.3 Å². The van der Waals surface area contributed by atoms with Crippen LogP contribution in [0.4, 0.5) is 0 Å². The molecular weight excluding hydrogens is 240 g/mol. The molecule has 3 nitrogen and oxygen atoms in total. The van der Waals surface area contributed by atoms with Gasteiger partial charge in [0.25, 0.3) is 0 Å². The van der Waals surface area contributed by atoms with E-state index >= 15 is 0 Å². The average Bonchev–Trinajstić information content (AvgIpc) is 2.40. The molecule has 0 aromatic heterocycles. The molecule has 19 heavy (non-hydrogen) atoms. The predicted octanol–water partition coefficient (Wildman–Crippen LogP) is 3.60. The molecule has 0 amide bonds. The molecule has 0 aliphatic carbocycles. The van der Waals surface area contributed by atoms with Gasteiger partial charge in [-0.1, -0.05) is 19.9 Å². The number of phenols is 3. The van der Waals surface area contributed by atoms with Crippen molar-refractivity contribution in [1.82, 2.24) is 0 Å². The zero-order valence-corrected chi connectivity index (χ0v) is 11.1. The summed E-state index contributed by atoms with van der Waals surface area (Å²) >= 11 is 0. The summed E-state index contributed by atoms with van der Waals surface area (Å²) in [6.45, 7) is 4.03. The lowest BCUT2D eigenvalue weighted by Gasteiger charge is -2.13. The number of rotatable bonds is 3. The van der Waals surface area contributed by atoms with E-state index in [0.29, 0.717) is 11.1 Å². The minimum atomic E-state index is 0.0866. The van der Waals surface area contributed by atoms with Crippen molar-refractivity contribution in [3.05, 3.63) is 41.5 Å². The molecule has 100 valence electrons. The van der Waals surface area contributed by atoms with E-state index in [9.17, 15) is 15.3 Å². The van der Waals surface area contributed by atoms with Crippen LogP contribution in [-0.2, 0) is 12.8 Å². The normalized spacial score (nSPS) is 10.6. The Balaban J connectivity index is 2.63. The van der Waals surface area contributed by atoms with Gasteiger partial charge in [0, 0.05) is 5.56 Å². The number of benzene rings is 2. The summed E-state index contributed by atoms with van der Waals surface area (Å²) in [5.74, 6) is 0.410. The van der Waals surface area contributed by atoms with Gasteiger partial charge in [-0.3, -0.25) is 0 Å². The van der Waals surface area contributed by atoms with Gasteiger partial charge in [-0.05, 0) is 53.8 Å². The largest absolute Gasteiger partial charge is 0.508 e. The number of hydrogen-bond donors (Lipinski definition) is 3. The first-order chi connectivity index (χ1) is 9.06. The maximum atomic E-state index is 10.1. The average molecular weight is 258 g/mol. The number of aryl methyl sites for hydroxylation is 1. The standard InChI is InChI=1S/C16H18O3/c1-3-10-7-11(8-16(19)13(10)4-2)14-9-12(17)5-6-15(14)18/h5-9,17-19H,3-4H2,1-2H3. The molecule has 0 fully saturated rings. The molecule has 0 atom stereocenters. The Morgan fingerprint density at radius 2 is 1.58 bits per heavy atom. The number of aromatic hydroxyl groups is 3. The Kier molecular flexibility index (Phi) is 3.65. The molecule has 0 aliphatic heterocycles. The van der Waals surface area contributed by atoms with Gasteiger partial charge in [-0.2, -0.15) is 0 Å². The van der Waals surface area contributed by atoms with Gasteiger partial charge in [-0.15, -0.1) is 0 Å². The van der Waals surface area contributed by atoms with Crippen LogP contribution in [-0.4, -0.2) is 15.3 Å². The fourth-order valence-corrected chi connectivity index (χ4v) is 2.35. The molecule has 0 unspecified atom stereocenters. The zero-order valence-electron chi connectivity index (χ0n) is 11.1. The highest BCUT2D eigenvalue weighted by Gasteiger charge is 2.12. The third-order valence-electron chi connectivity index (χ3n) is 3.34. The molecule has 0 radical (unpaired) electrons. The van der Waals surface area contributed by atoms with Crippen LogP contribution in [0.15, 0.2) is 30.3 Å². The van der Waals surface area contributed by atoms with Crippen molar-refractivity contribution in [3.8, 4) is 28.4 Å². The summed E-state index contributed by atoms with van der Waals surface area (Å²) in [5, 5.41) is 29.5. The molecular formula is C16H18O3. The van der Waals surface area contributed by atoms with E-state index in [4.69, 9.17) is 0 Å². The van der Waals surface area contributed by atoms with E-state index in [0.717, 1.165) is 24.0 Å². The molecule has 0 heterocycles. The molecule has 0 bridgehead atoms. The van der Waals surface area contributed by atoms with Crippen LogP contribution in [0.5, 0.6) is 17.2 Å². The monoisotopic (exact) mass is 258 g/mol. The predicted molar refractivity (Wildman–Crippen MR) is 75.6 cm³/mol. The first-order valence-corrected chi connectivity index (χ1v) is 6.43. The van der Waals surface area contributed by atoms with Crippen LogP contribution in [0.3, 0.4) is 0 Å². The SMILES string of the molecule is CCc1cc(-c2cc(O)ccc2O)cc(O)c1CC. The molecule has 0 spiro atoms. The van der Waals surface area contributed by atoms with Gasteiger partial charge in [0.15, 0.2) is 0 Å². The summed E-state index contributed by atoms with van der Waals surface area (Å²) in [6.07, 6.45) is 1.57. The highest BCUT2D eigenvalue weighted by atomic mass is 16.3.